The lowest BCUT2D eigenvalue weighted by atomic mass is 10.0. The zero-order valence-corrected chi connectivity index (χ0v) is 13.7. The molecule has 2 aromatic rings. The first-order chi connectivity index (χ1) is 12.1. The number of rotatable bonds is 4. The molecule has 1 saturated carbocycles. The highest BCUT2D eigenvalue weighted by Gasteiger charge is 2.51. The van der Waals surface area contributed by atoms with E-state index >= 15 is 0 Å². The second-order valence-electron chi connectivity index (χ2n) is 6.65. The minimum atomic E-state index is -0.893. The van der Waals surface area contributed by atoms with Crippen LogP contribution in [-0.4, -0.2) is 38.6 Å². The van der Waals surface area contributed by atoms with Crippen LogP contribution in [0.5, 0.6) is 0 Å². The quantitative estimate of drug-likeness (QED) is 0.918. The lowest BCUT2D eigenvalue weighted by Crippen LogP contribution is -2.40. The van der Waals surface area contributed by atoms with E-state index in [1.54, 1.807) is 4.90 Å². The van der Waals surface area contributed by atoms with Gasteiger partial charge < -0.3 is 14.5 Å². The van der Waals surface area contributed by atoms with Crippen LogP contribution in [0.25, 0.3) is 11.4 Å². The number of carbonyl (C=O) groups excluding carboxylic acids is 1. The molecule has 3 unspecified atom stereocenters. The van der Waals surface area contributed by atoms with Gasteiger partial charge in [0.1, 0.15) is 6.04 Å². The van der Waals surface area contributed by atoms with Crippen LogP contribution in [0.4, 0.5) is 0 Å². The molecule has 1 saturated heterocycles. The molecule has 130 valence electrons. The zero-order valence-electron chi connectivity index (χ0n) is 13.7. The average Bonchev–Trinajstić information content (AvgIpc) is 3.31. The minimum absolute atomic E-state index is 0.100. The minimum Gasteiger partial charge on any atom is -0.481 e. The Bertz CT molecular complexity index is 789. The third-order valence-electron chi connectivity index (χ3n) is 4.97. The molecule has 1 aromatic heterocycles. The Morgan fingerprint density at radius 1 is 1.16 bits per heavy atom. The molecule has 2 fully saturated rings. The molecule has 1 aliphatic heterocycles. The maximum absolute atomic E-state index is 12.7. The van der Waals surface area contributed by atoms with Crippen LogP contribution in [-0.2, 0) is 9.59 Å². The summed E-state index contributed by atoms with van der Waals surface area (Å²) in [7, 11) is 0. The first-order valence-corrected chi connectivity index (χ1v) is 8.57. The summed E-state index contributed by atoms with van der Waals surface area (Å²) in [6.45, 7) is 0.607. The molecule has 1 aliphatic carbocycles. The molecule has 1 aromatic carbocycles. The van der Waals surface area contributed by atoms with E-state index in [1.807, 2.05) is 30.3 Å². The van der Waals surface area contributed by atoms with E-state index in [0.717, 1.165) is 24.8 Å². The Kier molecular flexibility index (Phi) is 3.99. The van der Waals surface area contributed by atoms with Crippen molar-refractivity contribution in [3.8, 4) is 11.4 Å². The van der Waals surface area contributed by atoms with Crippen molar-refractivity contribution in [3.63, 3.8) is 0 Å². The van der Waals surface area contributed by atoms with Gasteiger partial charge in [0.15, 0.2) is 0 Å². The van der Waals surface area contributed by atoms with Crippen LogP contribution >= 0.6 is 0 Å². The Labute approximate surface area is 144 Å². The van der Waals surface area contributed by atoms with E-state index in [4.69, 9.17) is 9.63 Å². The standard InChI is InChI=1S/C18H19N3O4/c22-17(12-10-13(12)18(23)24)21-9-5-4-8-14(21)16-19-15(20-25-16)11-6-2-1-3-7-11/h1-3,6-7,12-14H,4-5,8-10H2,(H,23,24). The fourth-order valence-corrected chi connectivity index (χ4v) is 3.48. The van der Waals surface area contributed by atoms with E-state index in [9.17, 15) is 9.59 Å². The third-order valence-corrected chi connectivity index (χ3v) is 4.97. The number of benzene rings is 1. The summed E-state index contributed by atoms with van der Waals surface area (Å²) in [6.07, 6.45) is 3.07. The molecule has 2 heterocycles. The molecule has 0 bridgehead atoms. The summed E-state index contributed by atoms with van der Waals surface area (Å²) in [6, 6.07) is 9.27. The summed E-state index contributed by atoms with van der Waals surface area (Å²) >= 11 is 0. The van der Waals surface area contributed by atoms with Crippen LogP contribution in [0.15, 0.2) is 34.9 Å². The van der Waals surface area contributed by atoms with E-state index < -0.39 is 17.8 Å². The second kappa shape index (κ2) is 6.31. The number of piperidine rings is 1. The van der Waals surface area contributed by atoms with Gasteiger partial charge >= 0.3 is 5.97 Å². The number of amides is 1. The van der Waals surface area contributed by atoms with Gasteiger partial charge in [0, 0.05) is 12.1 Å². The van der Waals surface area contributed by atoms with Gasteiger partial charge in [-0.3, -0.25) is 9.59 Å². The maximum Gasteiger partial charge on any atom is 0.307 e. The van der Waals surface area contributed by atoms with Gasteiger partial charge in [-0.15, -0.1) is 0 Å². The molecular formula is C18H19N3O4. The van der Waals surface area contributed by atoms with E-state index in [2.05, 4.69) is 10.1 Å². The van der Waals surface area contributed by atoms with Crippen LogP contribution < -0.4 is 0 Å². The number of nitrogens with zero attached hydrogens (tertiary/aromatic N) is 3. The molecule has 2 aliphatic rings. The van der Waals surface area contributed by atoms with Gasteiger partial charge in [0.05, 0.1) is 11.8 Å². The third kappa shape index (κ3) is 3.01. The predicted octanol–water partition coefficient (Wildman–Crippen LogP) is 2.51. The predicted molar refractivity (Wildman–Crippen MR) is 87.3 cm³/mol. The number of carboxylic acids is 1. The molecule has 7 nitrogen and oxygen atoms in total. The van der Waals surface area contributed by atoms with Crippen molar-refractivity contribution in [3.05, 3.63) is 36.2 Å². The molecule has 7 heteroatoms. The largest absolute Gasteiger partial charge is 0.481 e. The Hall–Kier alpha value is -2.70. The van der Waals surface area contributed by atoms with Crippen LogP contribution in [0.2, 0.25) is 0 Å². The summed E-state index contributed by atoms with van der Waals surface area (Å²) in [4.78, 5) is 30.0. The van der Waals surface area contributed by atoms with Gasteiger partial charge in [-0.05, 0) is 25.7 Å². The number of hydrogen-bond acceptors (Lipinski definition) is 5. The second-order valence-corrected chi connectivity index (χ2v) is 6.65. The highest BCUT2D eigenvalue weighted by atomic mass is 16.5. The van der Waals surface area contributed by atoms with Gasteiger partial charge in [-0.1, -0.05) is 35.5 Å². The molecule has 0 radical (unpaired) electrons. The molecule has 25 heavy (non-hydrogen) atoms. The van der Waals surface area contributed by atoms with Gasteiger partial charge in [0.25, 0.3) is 0 Å². The normalized spacial score (nSPS) is 25.6. The lowest BCUT2D eigenvalue weighted by Gasteiger charge is -2.33. The molecule has 1 amide bonds. The fraction of sp³-hybridized carbons (Fsp3) is 0.444. The van der Waals surface area contributed by atoms with Crippen LogP contribution in [0, 0.1) is 11.8 Å². The van der Waals surface area contributed by atoms with Gasteiger partial charge in [-0.25, -0.2) is 0 Å². The Balaban J connectivity index is 1.55. The molecule has 4 rings (SSSR count). The van der Waals surface area contributed by atoms with Crippen LogP contribution in [0.1, 0.15) is 37.6 Å². The lowest BCUT2D eigenvalue weighted by molar-refractivity contribution is -0.143. The van der Waals surface area contributed by atoms with Gasteiger partial charge in [-0.2, -0.15) is 4.98 Å². The maximum atomic E-state index is 12.7. The first kappa shape index (κ1) is 15.8. The Morgan fingerprint density at radius 3 is 2.68 bits per heavy atom. The smallest absolute Gasteiger partial charge is 0.307 e. The van der Waals surface area contributed by atoms with E-state index in [-0.39, 0.29) is 11.9 Å². The SMILES string of the molecule is O=C(O)C1CC1C(=O)N1CCCCC1c1nc(-c2ccccc2)no1. The highest BCUT2D eigenvalue weighted by molar-refractivity contribution is 5.89. The fourth-order valence-electron chi connectivity index (χ4n) is 3.48. The van der Waals surface area contributed by atoms with Crippen molar-refractivity contribution in [2.24, 2.45) is 11.8 Å². The highest BCUT2D eigenvalue weighted by Crippen LogP contribution is 2.43. The van der Waals surface area contributed by atoms with Crippen molar-refractivity contribution in [2.45, 2.75) is 31.7 Å². The van der Waals surface area contributed by atoms with Crippen LogP contribution in [0.3, 0.4) is 0 Å². The summed E-state index contributed by atoms with van der Waals surface area (Å²) < 4.78 is 5.44. The molecule has 3 atom stereocenters. The molecule has 1 N–H and O–H groups in total. The van der Waals surface area contributed by atoms with Gasteiger partial charge in [0.2, 0.25) is 17.6 Å². The first-order valence-electron chi connectivity index (χ1n) is 8.57. The van der Waals surface area contributed by atoms with E-state index in [1.165, 1.54) is 0 Å². The number of hydrogen-bond donors (Lipinski definition) is 1. The van der Waals surface area contributed by atoms with Crippen molar-refractivity contribution < 1.29 is 19.2 Å². The number of carboxylic acid groups (broad SMARTS) is 1. The number of aliphatic carboxylic acids is 1. The Morgan fingerprint density at radius 2 is 1.96 bits per heavy atom. The molecule has 0 spiro atoms. The van der Waals surface area contributed by atoms with Crippen molar-refractivity contribution in [1.82, 2.24) is 15.0 Å². The number of likely N-dealkylation sites (tertiary alicyclic amines) is 1. The summed E-state index contributed by atoms with van der Waals surface area (Å²) in [5.74, 6) is -1.01. The molecular weight excluding hydrogens is 322 g/mol. The summed E-state index contributed by atoms with van der Waals surface area (Å²) in [5, 5.41) is 13.1. The van der Waals surface area contributed by atoms with E-state index in [0.29, 0.717) is 24.7 Å². The average molecular weight is 341 g/mol. The number of aromatic nitrogens is 2. The van der Waals surface area contributed by atoms with Crippen molar-refractivity contribution in [2.75, 3.05) is 6.54 Å². The van der Waals surface area contributed by atoms with Crippen molar-refractivity contribution in [1.29, 1.82) is 0 Å². The zero-order chi connectivity index (χ0) is 17.4. The van der Waals surface area contributed by atoms with Crippen molar-refractivity contribution >= 4 is 11.9 Å². The summed E-state index contributed by atoms with van der Waals surface area (Å²) in [5.41, 5.74) is 0.860. The number of carbonyl (C=O) groups is 2. The monoisotopic (exact) mass is 341 g/mol. The topological polar surface area (TPSA) is 96.5 Å².